The van der Waals surface area contributed by atoms with Gasteiger partial charge in [-0.05, 0) is 41.5 Å². The van der Waals surface area contributed by atoms with Crippen molar-refractivity contribution in [1.82, 2.24) is 14.1 Å². The molecule has 0 saturated carbocycles. The van der Waals surface area contributed by atoms with Crippen LogP contribution in [-0.2, 0) is 29.7 Å². The van der Waals surface area contributed by atoms with Gasteiger partial charge in [-0.3, -0.25) is 18.9 Å². The Balaban J connectivity index is 1.65. The number of benzene rings is 1. The van der Waals surface area contributed by atoms with Gasteiger partial charge in [-0.2, -0.15) is 0 Å². The molecule has 3 heterocycles. The Hall–Kier alpha value is -3.53. The highest BCUT2D eigenvalue weighted by molar-refractivity contribution is 7.99. The molecule has 0 amide bonds. The number of fused-ring (bicyclic) bond motifs is 1. The molecule has 7 nitrogen and oxygen atoms in total. The van der Waals surface area contributed by atoms with Crippen molar-refractivity contribution < 1.29 is 18.3 Å². The Labute approximate surface area is 185 Å². The number of thioether (sulfide) groups is 1. The van der Waals surface area contributed by atoms with Crippen LogP contribution in [0.3, 0.4) is 0 Å². The maximum absolute atomic E-state index is 13.6. The molecule has 1 aliphatic heterocycles. The minimum absolute atomic E-state index is 0.0594. The van der Waals surface area contributed by atoms with Gasteiger partial charge >= 0.3 is 11.7 Å². The highest BCUT2D eigenvalue weighted by atomic mass is 32.2. The molecule has 0 unspecified atom stereocenters. The first kappa shape index (κ1) is 21.7. The molecule has 3 aromatic rings. The lowest BCUT2D eigenvalue weighted by Gasteiger charge is -2.19. The molecule has 4 rings (SSSR count). The van der Waals surface area contributed by atoms with Crippen molar-refractivity contribution in [3.05, 3.63) is 97.5 Å². The second kappa shape index (κ2) is 8.91. The van der Waals surface area contributed by atoms with Crippen molar-refractivity contribution >= 4 is 23.8 Å². The number of esters is 1. The van der Waals surface area contributed by atoms with E-state index in [1.54, 1.807) is 24.5 Å². The molecular formula is C22H17F2N3O4S. The second-order valence-corrected chi connectivity index (χ2v) is 8.05. The molecule has 164 valence electrons. The Morgan fingerprint density at radius 1 is 1.12 bits per heavy atom. The van der Waals surface area contributed by atoms with Crippen LogP contribution in [0.4, 0.5) is 8.78 Å². The number of hydrogen-bond acceptors (Lipinski definition) is 6. The Morgan fingerprint density at radius 3 is 2.59 bits per heavy atom. The summed E-state index contributed by atoms with van der Waals surface area (Å²) >= 11 is 1.18. The van der Waals surface area contributed by atoms with Crippen LogP contribution in [0.5, 0.6) is 0 Å². The average Bonchev–Trinajstić information content (AvgIpc) is 2.81. The number of pyridine rings is 1. The lowest BCUT2D eigenvalue weighted by molar-refractivity contribution is -0.140. The number of ether oxygens (including phenoxy) is 1. The van der Waals surface area contributed by atoms with E-state index in [0.717, 1.165) is 22.3 Å². The zero-order valence-corrected chi connectivity index (χ0v) is 17.7. The number of rotatable bonds is 5. The van der Waals surface area contributed by atoms with Crippen LogP contribution in [0.25, 0.3) is 6.08 Å². The fraction of sp³-hybridized carbons (Fsp3) is 0.182. The van der Waals surface area contributed by atoms with Gasteiger partial charge in [0.1, 0.15) is 6.61 Å². The topological polar surface area (TPSA) is 83.2 Å². The summed E-state index contributed by atoms with van der Waals surface area (Å²) in [6.07, 6.45) is 4.60. The summed E-state index contributed by atoms with van der Waals surface area (Å²) in [7, 11) is 1.51. The van der Waals surface area contributed by atoms with Crippen molar-refractivity contribution in [2.45, 2.75) is 18.2 Å². The molecule has 0 bridgehead atoms. The summed E-state index contributed by atoms with van der Waals surface area (Å²) in [4.78, 5) is 42.2. The van der Waals surface area contributed by atoms with Crippen molar-refractivity contribution in [3.63, 3.8) is 0 Å². The first-order chi connectivity index (χ1) is 15.3. The number of nitrogens with zero attached hydrogens (tertiary/aromatic N) is 3. The van der Waals surface area contributed by atoms with Gasteiger partial charge in [-0.15, -0.1) is 11.8 Å². The van der Waals surface area contributed by atoms with Gasteiger partial charge < -0.3 is 4.74 Å². The van der Waals surface area contributed by atoms with Gasteiger partial charge in [0.25, 0.3) is 5.56 Å². The molecule has 0 atom stereocenters. The van der Waals surface area contributed by atoms with E-state index in [1.807, 2.05) is 0 Å². The molecule has 1 aromatic carbocycles. The fourth-order valence-corrected chi connectivity index (χ4v) is 4.30. The summed E-state index contributed by atoms with van der Waals surface area (Å²) in [6.45, 7) is -0.180. The van der Waals surface area contributed by atoms with Crippen molar-refractivity contribution in [3.8, 4) is 0 Å². The standard InChI is InChI=1S/C22H17F2N3O4S/c1-26-20-16(9-15(12-32-20)21(29)31-11-13-4-6-25-7-5-13)19(28)27(22(26)30)10-14-2-3-17(23)18(24)8-14/h2-9H,10-12H2,1H3. The van der Waals surface area contributed by atoms with Crippen LogP contribution in [0.15, 0.2) is 62.9 Å². The lowest BCUT2D eigenvalue weighted by Crippen LogP contribution is -2.42. The molecule has 0 N–H and O–H groups in total. The molecule has 1 aliphatic rings. The van der Waals surface area contributed by atoms with E-state index in [-0.39, 0.29) is 35.6 Å². The van der Waals surface area contributed by atoms with Crippen LogP contribution >= 0.6 is 11.8 Å². The average molecular weight is 457 g/mol. The van der Waals surface area contributed by atoms with E-state index in [0.29, 0.717) is 5.03 Å². The van der Waals surface area contributed by atoms with Crippen LogP contribution in [0.1, 0.15) is 16.7 Å². The maximum atomic E-state index is 13.6. The minimum atomic E-state index is -1.07. The highest BCUT2D eigenvalue weighted by Crippen LogP contribution is 2.29. The number of hydrogen-bond donors (Lipinski definition) is 0. The monoisotopic (exact) mass is 457 g/mol. The van der Waals surface area contributed by atoms with E-state index in [2.05, 4.69) is 4.98 Å². The maximum Gasteiger partial charge on any atom is 0.335 e. The fourth-order valence-electron chi connectivity index (χ4n) is 3.23. The largest absolute Gasteiger partial charge is 0.457 e. The van der Waals surface area contributed by atoms with Gasteiger partial charge in [-0.25, -0.2) is 18.4 Å². The third kappa shape index (κ3) is 4.26. The molecule has 0 saturated heterocycles. The molecule has 0 radical (unpaired) electrons. The predicted molar refractivity (Wildman–Crippen MR) is 114 cm³/mol. The normalized spacial score (nSPS) is 12.8. The van der Waals surface area contributed by atoms with Crippen molar-refractivity contribution in [2.75, 3.05) is 5.75 Å². The molecule has 2 aromatic heterocycles. The summed E-state index contributed by atoms with van der Waals surface area (Å²) in [5.74, 6) is -2.42. The first-order valence-corrected chi connectivity index (χ1v) is 10.5. The van der Waals surface area contributed by atoms with E-state index < -0.39 is 28.9 Å². The molecular weight excluding hydrogens is 440 g/mol. The molecule has 0 spiro atoms. The van der Waals surface area contributed by atoms with Gasteiger partial charge in [0.05, 0.1) is 17.1 Å². The number of aromatic nitrogens is 3. The van der Waals surface area contributed by atoms with E-state index in [9.17, 15) is 23.2 Å². The third-order valence-corrected chi connectivity index (χ3v) is 6.14. The van der Waals surface area contributed by atoms with E-state index in [4.69, 9.17) is 4.74 Å². The van der Waals surface area contributed by atoms with Gasteiger partial charge in [0, 0.05) is 30.8 Å². The smallest absolute Gasteiger partial charge is 0.335 e. The second-order valence-electron chi connectivity index (χ2n) is 7.09. The Morgan fingerprint density at radius 2 is 1.88 bits per heavy atom. The van der Waals surface area contributed by atoms with Crippen molar-refractivity contribution in [1.29, 1.82) is 0 Å². The van der Waals surface area contributed by atoms with Crippen LogP contribution in [0, 0.1) is 11.6 Å². The van der Waals surface area contributed by atoms with E-state index >= 15 is 0 Å². The molecule has 0 fully saturated rings. The molecule has 32 heavy (non-hydrogen) atoms. The first-order valence-electron chi connectivity index (χ1n) is 9.52. The summed E-state index contributed by atoms with van der Waals surface area (Å²) in [5.41, 5.74) is 0.262. The lowest BCUT2D eigenvalue weighted by atomic mass is 10.2. The summed E-state index contributed by atoms with van der Waals surface area (Å²) in [5, 5.41) is 0.423. The zero-order valence-electron chi connectivity index (χ0n) is 16.9. The quantitative estimate of drug-likeness (QED) is 0.433. The van der Waals surface area contributed by atoms with Crippen LogP contribution in [0.2, 0.25) is 0 Å². The van der Waals surface area contributed by atoms with E-state index in [1.165, 1.54) is 35.5 Å². The third-order valence-electron chi connectivity index (χ3n) is 4.92. The van der Waals surface area contributed by atoms with Crippen LogP contribution in [-0.4, -0.2) is 25.8 Å². The SMILES string of the molecule is Cn1c2c(c(=O)n(Cc3ccc(F)c(F)c3)c1=O)C=C(C(=O)OCc1ccncc1)CS2. The molecule has 0 aliphatic carbocycles. The van der Waals surface area contributed by atoms with Gasteiger partial charge in [0.15, 0.2) is 11.6 Å². The Bertz CT molecular complexity index is 1350. The number of carbonyl (C=O) groups is 1. The molecule has 10 heteroatoms. The predicted octanol–water partition coefficient (Wildman–Crippen LogP) is 2.50. The Kier molecular flexibility index (Phi) is 6.04. The number of halogens is 2. The summed E-state index contributed by atoms with van der Waals surface area (Å²) in [6, 6.07) is 6.62. The highest BCUT2D eigenvalue weighted by Gasteiger charge is 2.24. The zero-order chi connectivity index (χ0) is 22.8. The number of carbonyl (C=O) groups excluding carboxylic acids is 1. The summed E-state index contributed by atoms with van der Waals surface area (Å²) < 4.78 is 34.3. The van der Waals surface area contributed by atoms with Gasteiger partial charge in [0.2, 0.25) is 0 Å². The van der Waals surface area contributed by atoms with Crippen molar-refractivity contribution in [2.24, 2.45) is 7.05 Å². The minimum Gasteiger partial charge on any atom is -0.457 e. The van der Waals surface area contributed by atoms with Crippen LogP contribution < -0.4 is 11.2 Å². The van der Waals surface area contributed by atoms with Gasteiger partial charge in [-0.1, -0.05) is 6.07 Å².